The lowest BCUT2D eigenvalue weighted by atomic mass is 10.2. The molecule has 0 saturated carbocycles. The van der Waals surface area contributed by atoms with Crippen LogP contribution in [-0.4, -0.2) is 11.5 Å². The molecular weight excluding hydrogens is 215 g/mol. The van der Waals surface area contributed by atoms with E-state index in [0.29, 0.717) is 4.58 Å². The van der Waals surface area contributed by atoms with Crippen molar-refractivity contribution in [1.82, 2.24) is 0 Å². The first-order chi connectivity index (χ1) is 6.77. The molecule has 1 aromatic carbocycles. The molecule has 14 heavy (non-hydrogen) atoms. The molecule has 0 radical (unpaired) electrons. The predicted octanol–water partition coefficient (Wildman–Crippen LogP) is 4.33. The van der Waals surface area contributed by atoms with Crippen molar-refractivity contribution in [3.05, 3.63) is 35.6 Å². The lowest BCUT2D eigenvalue weighted by Crippen LogP contribution is -1.91. The molecule has 1 rings (SSSR count). The van der Waals surface area contributed by atoms with Crippen LogP contribution in [0.3, 0.4) is 0 Å². The Labute approximate surface area is 93.7 Å². The summed E-state index contributed by atoms with van der Waals surface area (Å²) in [5.74, 6) is 2.03. The molecule has 0 fully saturated rings. The third-order valence-corrected chi connectivity index (χ3v) is 4.41. The molecule has 0 aromatic heterocycles. The summed E-state index contributed by atoms with van der Waals surface area (Å²) in [6.07, 6.45) is 0. The highest BCUT2D eigenvalue weighted by Gasteiger charge is 2.10. The third-order valence-electron chi connectivity index (χ3n) is 1.78. The van der Waals surface area contributed by atoms with Gasteiger partial charge in [-0.25, -0.2) is 4.39 Å². The first kappa shape index (κ1) is 11.9. The topological polar surface area (TPSA) is 0 Å². The number of rotatable bonds is 5. The standard InChI is InChI=1S/C11H15FS2/c1-3-13-11(14-4-2)9-5-7-10(12)8-6-9/h5-8,11H,3-4H2,1-2H3. The first-order valence-corrected chi connectivity index (χ1v) is 6.86. The van der Waals surface area contributed by atoms with Crippen LogP contribution < -0.4 is 0 Å². The second-order valence-electron chi connectivity index (χ2n) is 2.79. The van der Waals surface area contributed by atoms with Crippen molar-refractivity contribution >= 4 is 23.5 Å². The van der Waals surface area contributed by atoms with Gasteiger partial charge >= 0.3 is 0 Å². The fraction of sp³-hybridized carbons (Fsp3) is 0.455. The zero-order chi connectivity index (χ0) is 10.4. The lowest BCUT2D eigenvalue weighted by molar-refractivity contribution is 0.627. The molecule has 0 aliphatic rings. The Bertz CT molecular complexity index is 252. The predicted molar refractivity (Wildman–Crippen MR) is 65.4 cm³/mol. The monoisotopic (exact) mass is 230 g/mol. The highest BCUT2D eigenvalue weighted by molar-refractivity contribution is 8.16. The fourth-order valence-electron chi connectivity index (χ4n) is 1.16. The van der Waals surface area contributed by atoms with Crippen LogP contribution in [0.1, 0.15) is 24.0 Å². The van der Waals surface area contributed by atoms with Crippen molar-refractivity contribution in [3.63, 3.8) is 0 Å². The summed E-state index contributed by atoms with van der Waals surface area (Å²) in [6, 6.07) is 6.83. The highest BCUT2D eigenvalue weighted by Crippen LogP contribution is 2.38. The van der Waals surface area contributed by atoms with Gasteiger partial charge in [-0.2, -0.15) is 0 Å². The summed E-state index contributed by atoms with van der Waals surface area (Å²) < 4.78 is 13.2. The summed E-state index contributed by atoms with van der Waals surface area (Å²) in [7, 11) is 0. The SMILES string of the molecule is CCSC(SCC)c1ccc(F)cc1. The van der Waals surface area contributed by atoms with E-state index in [4.69, 9.17) is 0 Å². The van der Waals surface area contributed by atoms with Gasteiger partial charge in [-0.3, -0.25) is 0 Å². The Hall–Kier alpha value is -0.150. The van der Waals surface area contributed by atoms with E-state index >= 15 is 0 Å². The van der Waals surface area contributed by atoms with Crippen molar-refractivity contribution in [2.45, 2.75) is 18.4 Å². The quantitative estimate of drug-likeness (QED) is 0.690. The van der Waals surface area contributed by atoms with Crippen LogP contribution in [0.2, 0.25) is 0 Å². The minimum absolute atomic E-state index is 0.157. The largest absolute Gasteiger partial charge is 0.207 e. The van der Waals surface area contributed by atoms with Gasteiger partial charge in [0.15, 0.2) is 0 Å². The number of benzene rings is 1. The first-order valence-electron chi connectivity index (χ1n) is 4.76. The molecule has 0 N–H and O–H groups in total. The number of thioether (sulfide) groups is 2. The van der Waals surface area contributed by atoms with Gasteiger partial charge in [-0.05, 0) is 29.2 Å². The van der Waals surface area contributed by atoms with E-state index in [2.05, 4.69) is 13.8 Å². The molecule has 0 unspecified atom stereocenters. The summed E-state index contributed by atoms with van der Waals surface area (Å²) in [6.45, 7) is 4.30. The minimum Gasteiger partial charge on any atom is -0.207 e. The van der Waals surface area contributed by atoms with Crippen molar-refractivity contribution in [3.8, 4) is 0 Å². The zero-order valence-corrected chi connectivity index (χ0v) is 10.1. The minimum atomic E-state index is -0.157. The van der Waals surface area contributed by atoms with E-state index in [1.165, 1.54) is 17.7 Å². The molecule has 78 valence electrons. The maximum absolute atomic E-state index is 12.7. The van der Waals surface area contributed by atoms with E-state index in [-0.39, 0.29) is 5.82 Å². The summed E-state index contributed by atoms with van der Waals surface area (Å²) in [5.41, 5.74) is 1.21. The van der Waals surface area contributed by atoms with Crippen molar-refractivity contribution in [2.75, 3.05) is 11.5 Å². The molecule has 0 nitrogen and oxygen atoms in total. The molecule has 3 heteroatoms. The number of hydrogen-bond donors (Lipinski definition) is 0. The maximum Gasteiger partial charge on any atom is 0.123 e. The van der Waals surface area contributed by atoms with Crippen LogP contribution in [-0.2, 0) is 0 Å². The lowest BCUT2D eigenvalue weighted by Gasteiger charge is -2.14. The normalized spacial score (nSPS) is 10.9. The Balaban J connectivity index is 2.71. The van der Waals surface area contributed by atoms with Gasteiger partial charge in [-0.1, -0.05) is 26.0 Å². The Morgan fingerprint density at radius 3 is 2.00 bits per heavy atom. The van der Waals surface area contributed by atoms with Gasteiger partial charge in [0, 0.05) is 0 Å². The van der Waals surface area contributed by atoms with Crippen LogP contribution in [0.4, 0.5) is 4.39 Å². The van der Waals surface area contributed by atoms with Crippen LogP contribution in [0.5, 0.6) is 0 Å². The van der Waals surface area contributed by atoms with Gasteiger partial charge in [0.25, 0.3) is 0 Å². The van der Waals surface area contributed by atoms with Crippen molar-refractivity contribution in [1.29, 1.82) is 0 Å². The average molecular weight is 230 g/mol. The molecule has 0 amide bonds. The molecule has 0 saturated heterocycles. The van der Waals surface area contributed by atoms with Crippen LogP contribution in [0.25, 0.3) is 0 Å². The van der Waals surface area contributed by atoms with Crippen molar-refractivity contribution < 1.29 is 4.39 Å². The van der Waals surface area contributed by atoms with Crippen LogP contribution in [0, 0.1) is 5.82 Å². The Morgan fingerprint density at radius 1 is 1.07 bits per heavy atom. The van der Waals surface area contributed by atoms with Gasteiger partial charge < -0.3 is 0 Å². The highest BCUT2D eigenvalue weighted by atomic mass is 32.2. The zero-order valence-electron chi connectivity index (χ0n) is 8.50. The maximum atomic E-state index is 12.7. The second kappa shape index (κ2) is 6.36. The van der Waals surface area contributed by atoms with E-state index in [9.17, 15) is 4.39 Å². The Morgan fingerprint density at radius 2 is 1.57 bits per heavy atom. The molecule has 0 heterocycles. The molecule has 0 aliphatic carbocycles. The molecule has 0 aliphatic heterocycles. The molecular formula is C11H15FS2. The van der Waals surface area contributed by atoms with Gasteiger partial charge in [0.05, 0.1) is 4.58 Å². The Kier molecular flexibility index (Phi) is 5.41. The summed E-state index contributed by atoms with van der Waals surface area (Å²) in [5, 5.41) is 0. The number of hydrogen-bond acceptors (Lipinski definition) is 2. The molecule has 0 atom stereocenters. The van der Waals surface area contributed by atoms with Gasteiger partial charge in [0.1, 0.15) is 5.82 Å². The van der Waals surface area contributed by atoms with Crippen LogP contribution >= 0.6 is 23.5 Å². The van der Waals surface area contributed by atoms with Crippen molar-refractivity contribution in [2.24, 2.45) is 0 Å². The van der Waals surface area contributed by atoms with Gasteiger partial charge in [0.2, 0.25) is 0 Å². The van der Waals surface area contributed by atoms with E-state index in [1.807, 2.05) is 35.7 Å². The molecule has 0 bridgehead atoms. The van der Waals surface area contributed by atoms with Gasteiger partial charge in [-0.15, -0.1) is 23.5 Å². The number of halogens is 1. The van der Waals surface area contributed by atoms with E-state index < -0.39 is 0 Å². The van der Waals surface area contributed by atoms with E-state index in [0.717, 1.165) is 11.5 Å². The summed E-state index contributed by atoms with van der Waals surface area (Å²) >= 11 is 3.80. The molecule has 0 spiro atoms. The average Bonchev–Trinajstić information content (AvgIpc) is 2.19. The third kappa shape index (κ3) is 3.54. The van der Waals surface area contributed by atoms with E-state index in [1.54, 1.807) is 0 Å². The van der Waals surface area contributed by atoms with Crippen LogP contribution in [0.15, 0.2) is 24.3 Å². The summed E-state index contributed by atoms with van der Waals surface area (Å²) in [4.78, 5) is 0. The second-order valence-corrected chi connectivity index (χ2v) is 5.86. The molecule has 1 aromatic rings. The fourth-order valence-corrected chi connectivity index (χ4v) is 3.67. The smallest absolute Gasteiger partial charge is 0.123 e.